The van der Waals surface area contributed by atoms with Gasteiger partial charge in [0.05, 0.1) is 0 Å². The predicted octanol–water partition coefficient (Wildman–Crippen LogP) is 4.19. The molecule has 27 heavy (non-hydrogen) atoms. The molecule has 0 bridgehead atoms. The third kappa shape index (κ3) is 5.68. The van der Waals surface area contributed by atoms with Crippen molar-refractivity contribution in [3.63, 3.8) is 0 Å². The van der Waals surface area contributed by atoms with E-state index < -0.39 is 0 Å². The van der Waals surface area contributed by atoms with Crippen LogP contribution in [0.3, 0.4) is 0 Å². The van der Waals surface area contributed by atoms with Crippen LogP contribution in [0.2, 0.25) is 5.02 Å². The summed E-state index contributed by atoms with van der Waals surface area (Å²) in [6.07, 6.45) is 0.792. The fraction of sp³-hybridized carbons (Fsp3) is 0.174. The van der Waals surface area contributed by atoms with E-state index in [9.17, 15) is 4.79 Å². The van der Waals surface area contributed by atoms with Crippen LogP contribution in [0.5, 0.6) is 0 Å². The highest BCUT2D eigenvalue weighted by Gasteiger charge is 2.13. The minimum Gasteiger partial charge on any atom is -0.333 e. The second kappa shape index (κ2) is 9.36. The maximum absolute atomic E-state index is 12.5. The van der Waals surface area contributed by atoms with Crippen molar-refractivity contribution in [2.75, 3.05) is 11.9 Å². The molecule has 0 aliphatic heterocycles. The van der Waals surface area contributed by atoms with E-state index in [1.54, 1.807) is 0 Å². The summed E-state index contributed by atoms with van der Waals surface area (Å²) in [5.41, 5.74) is 4.32. The smallest absolute Gasteiger partial charge is 0.279 e. The summed E-state index contributed by atoms with van der Waals surface area (Å²) >= 11 is 6.05. The normalized spacial score (nSPS) is 11.8. The third-order valence-corrected chi connectivity index (χ3v) is 4.80. The number of para-hydroxylation sites is 1. The van der Waals surface area contributed by atoms with E-state index in [0.29, 0.717) is 11.6 Å². The van der Waals surface area contributed by atoms with E-state index >= 15 is 0 Å². The molecule has 0 heterocycles. The first-order valence-electron chi connectivity index (χ1n) is 9.12. The van der Waals surface area contributed by atoms with Gasteiger partial charge in [-0.3, -0.25) is 4.79 Å². The summed E-state index contributed by atoms with van der Waals surface area (Å²) in [5, 5.41) is 5.78. The summed E-state index contributed by atoms with van der Waals surface area (Å²) in [6.45, 7) is 2.43. The Kier molecular flexibility index (Phi) is 6.64. The van der Waals surface area contributed by atoms with E-state index in [4.69, 9.17) is 11.6 Å². The summed E-state index contributed by atoms with van der Waals surface area (Å²) < 4.78 is 0. The van der Waals surface area contributed by atoms with Crippen molar-refractivity contribution in [3.8, 4) is 0 Å². The molecule has 0 radical (unpaired) electrons. The van der Waals surface area contributed by atoms with Gasteiger partial charge in [0, 0.05) is 16.3 Å². The molecule has 0 fully saturated rings. The Morgan fingerprint density at radius 3 is 2.52 bits per heavy atom. The van der Waals surface area contributed by atoms with Crippen LogP contribution in [0, 0.1) is 0 Å². The predicted molar refractivity (Wildman–Crippen MR) is 111 cm³/mol. The Hall–Kier alpha value is -2.62. The number of rotatable bonds is 7. The van der Waals surface area contributed by atoms with Crippen molar-refractivity contribution in [3.05, 3.63) is 101 Å². The number of amides is 1. The number of hydrogen-bond acceptors (Lipinski definition) is 1. The number of quaternary nitrogens is 1. The Balaban J connectivity index is 1.59. The molecule has 3 nitrogen and oxygen atoms in total. The van der Waals surface area contributed by atoms with Gasteiger partial charge in [-0.25, -0.2) is 0 Å². The minimum absolute atomic E-state index is 0.00982. The maximum atomic E-state index is 12.5. The number of benzene rings is 3. The number of carbonyl (C=O) groups is 1. The van der Waals surface area contributed by atoms with E-state index in [1.807, 2.05) is 66.0 Å². The molecule has 3 aromatic carbocycles. The van der Waals surface area contributed by atoms with Crippen molar-refractivity contribution in [2.45, 2.75) is 19.4 Å². The van der Waals surface area contributed by atoms with Crippen LogP contribution < -0.4 is 10.6 Å². The lowest BCUT2D eigenvalue weighted by Gasteiger charge is -2.13. The van der Waals surface area contributed by atoms with Gasteiger partial charge in [-0.15, -0.1) is 0 Å². The molecule has 138 valence electrons. The van der Waals surface area contributed by atoms with Crippen molar-refractivity contribution in [1.82, 2.24) is 0 Å². The van der Waals surface area contributed by atoms with Crippen molar-refractivity contribution < 1.29 is 10.1 Å². The Morgan fingerprint density at radius 1 is 1.00 bits per heavy atom. The average molecular weight is 380 g/mol. The zero-order chi connectivity index (χ0) is 19.1. The number of hydrogen-bond donors (Lipinski definition) is 2. The van der Waals surface area contributed by atoms with Gasteiger partial charge in [-0.05, 0) is 42.7 Å². The van der Waals surface area contributed by atoms with Gasteiger partial charge in [0.25, 0.3) is 5.91 Å². The van der Waals surface area contributed by atoms with Gasteiger partial charge in [0.15, 0.2) is 6.54 Å². The summed E-state index contributed by atoms with van der Waals surface area (Å²) in [6, 6.07) is 26.1. The average Bonchev–Trinajstić information content (AvgIpc) is 2.68. The Bertz CT molecular complexity index is 896. The highest BCUT2D eigenvalue weighted by molar-refractivity contribution is 6.30. The van der Waals surface area contributed by atoms with Crippen molar-refractivity contribution in [1.29, 1.82) is 0 Å². The molecule has 0 saturated carbocycles. The molecule has 0 aromatic heterocycles. The lowest BCUT2D eigenvalue weighted by Crippen LogP contribution is -2.86. The molecular weight excluding hydrogens is 356 g/mol. The van der Waals surface area contributed by atoms with Crippen LogP contribution in [-0.2, 0) is 11.2 Å². The molecule has 4 heteroatoms. The minimum atomic E-state index is -0.00982. The molecular formula is C23H24ClN2O+. The highest BCUT2D eigenvalue weighted by Crippen LogP contribution is 2.19. The van der Waals surface area contributed by atoms with Crippen molar-refractivity contribution >= 4 is 23.2 Å². The SMILES string of the molecule is C[C@H]([NH2+]CC(=O)Nc1ccccc1Cc1ccccc1)c1cccc(Cl)c1. The number of nitrogens with two attached hydrogens (primary N) is 1. The highest BCUT2D eigenvalue weighted by atomic mass is 35.5. The zero-order valence-electron chi connectivity index (χ0n) is 15.4. The molecule has 1 atom stereocenters. The van der Waals surface area contributed by atoms with Gasteiger partial charge in [-0.2, -0.15) is 0 Å². The lowest BCUT2D eigenvalue weighted by molar-refractivity contribution is -0.682. The van der Waals surface area contributed by atoms with Crippen LogP contribution >= 0.6 is 11.6 Å². The van der Waals surface area contributed by atoms with Crippen LogP contribution in [0.1, 0.15) is 29.7 Å². The van der Waals surface area contributed by atoms with Gasteiger partial charge in [-0.1, -0.05) is 72.3 Å². The van der Waals surface area contributed by atoms with Gasteiger partial charge >= 0.3 is 0 Å². The lowest BCUT2D eigenvalue weighted by atomic mass is 10.0. The quantitative estimate of drug-likeness (QED) is 0.635. The molecule has 0 saturated heterocycles. The Labute approximate surface area is 165 Å². The molecule has 0 aliphatic rings. The molecule has 0 aliphatic carbocycles. The molecule has 3 rings (SSSR count). The maximum Gasteiger partial charge on any atom is 0.279 e. The molecule has 0 unspecified atom stereocenters. The Morgan fingerprint density at radius 2 is 1.74 bits per heavy atom. The van der Waals surface area contributed by atoms with E-state index in [-0.39, 0.29) is 11.9 Å². The second-order valence-electron chi connectivity index (χ2n) is 6.65. The fourth-order valence-corrected chi connectivity index (χ4v) is 3.22. The number of anilines is 1. The molecule has 3 aromatic rings. The van der Waals surface area contributed by atoms with Gasteiger partial charge < -0.3 is 10.6 Å². The number of nitrogens with one attached hydrogen (secondary N) is 1. The van der Waals surface area contributed by atoms with E-state index in [2.05, 4.69) is 30.4 Å². The third-order valence-electron chi connectivity index (χ3n) is 4.56. The van der Waals surface area contributed by atoms with Crippen LogP contribution in [0.4, 0.5) is 5.69 Å². The largest absolute Gasteiger partial charge is 0.333 e. The zero-order valence-corrected chi connectivity index (χ0v) is 16.1. The number of halogens is 1. The van der Waals surface area contributed by atoms with Gasteiger partial charge in [0.1, 0.15) is 6.04 Å². The fourth-order valence-electron chi connectivity index (χ4n) is 3.02. The topological polar surface area (TPSA) is 45.7 Å². The first-order chi connectivity index (χ1) is 13.1. The molecule has 0 spiro atoms. The van der Waals surface area contributed by atoms with E-state index in [1.165, 1.54) is 5.56 Å². The van der Waals surface area contributed by atoms with Crippen LogP contribution in [-0.4, -0.2) is 12.5 Å². The molecule has 1 amide bonds. The second-order valence-corrected chi connectivity index (χ2v) is 7.09. The summed E-state index contributed by atoms with van der Waals surface area (Å²) in [4.78, 5) is 12.5. The first kappa shape index (κ1) is 19.2. The number of carbonyl (C=O) groups excluding carboxylic acids is 1. The van der Waals surface area contributed by atoms with Crippen LogP contribution in [0.25, 0.3) is 0 Å². The molecule has 3 N–H and O–H groups in total. The van der Waals surface area contributed by atoms with E-state index in [0.717, 1.165) is 23.2 Å². The first-order valence-corrected chi connectivity index (χ1v) is 9.50. The summed E-state index contributed by atoms with van der Waals surface area (Å²) in [5.74, 6) is -0.00982. The summed E-state index contributed by atoms with van der Waals surface area (Å²) in [7, 11) is 0. The van der Waals surface area contributed by atoms with Crippen LogP contribution in [0.15, 0.2) is 78.9 Å². The van der Waals surface area contributed by atoms with Crippen molar-refractivity contribution in [2.24, 2.45) is 0 Å². The standard InChI is InChI=1S/C23H23ClN2O/c1-17(19-11-7-12-21(24)15-19)25-16-23(27)26-22-13-6-5-10-20(22)14-18-8-3-2-4-9-18/h2-13,15,17,25H,14,16H2,1H3,(H,26,27)/p+1/t17-/m0/s1. The van der Waals surface area contributed by atoms with Gasteiger partial charge in [0.2, 0.25) is 0 Å². The monoisotopic (exact) mass is 379 g/mol.